The quantitative estimate of drug-likeness (QED) is 0.614. The van der Waals surface area contributed by atoms with Crippen LogP contribution in [0.1, 0.15) is 34.3 Å². The molecule has 0 fully saturated rings. The number of nitrogens with one attached hydrogen (secondary N) is 1. The summed E-state index contributed by atoms with van der Waals surface area (Å²) in [5.41, 5.74) is 1.37. The molecule has 0 unspecified atom stereocenters. The molecule has 0 atom stereocenters. The fourth-order valence-corrected chi connectivity index (χ4v) is 3.38. The molecule has 2 amide bonds. The summed E-state index contributed by atoms with van der Waals surface area (Å²) in [5, 5.41) is 3.33. The Labute approximate surface area is 169 Å². The van der Waals surface area contributed by atoms with E-state index >= 15 is 0 Å². The Morgan fingerprint density at radius 3 is 2.71 bits per heavy atom. The number of ether oxygens (including phenoxy) is 2. The van der Waals surface area contributed by atoms with Crippen molar-refractivity contribution in [2.75, 3.05) is 38.7 Å². The standard InChI is InChI=1S/C20H27N3O4S/c1-5-27-11-7-10-23(19(25)16-8-6-9-17(12-16)26-4)13-18(24)22-20-21-14(2)15(3)28-20/h6,8-9,12H,5,7,10-11,13H2,1-4H3,(H,21,22,24). The van der Waals surface area contributed by atoms with Crippen molar-refractivity contribution < 1.29 is 19.1 Å². The van der Waals surface area contributed by atoms with Crippen LogP contribution in [0.4, 0.5) is 5.13 Å². The molecule has 1 heterocycles. The van der Waals surface area contributed by atoms with Gasteiger partial charge in [0.25, 0.3) is 5.91 Å². The van der Waals surface area contributed by atoms with Gasteiger partial charge in [-0.2, -0.15) is 0 Å². The van der Waals surface area contributed by atoms with E-state index in [0.29, 0.717) is 42.6 Å². The van der Waals surface area contributed by atoms with E-state index in [1.165, 1.54) is 16.2 Å². The van der Waals surface area contributed by atoms with E-state index in [1.54, 1.807) is 31.4 Å². The summed E-state index contributed by atoms with van der Waals surface area (Å²) in [7, 11) is 1.55. The topological polar surface area (TPSA) is 80.8 Å². The molecule has 0 bridgehead atoms. The van der Waals surface area contributed by atoms with E-state index < -0.39 is 0 Å². The molecule has 28 heavy (non-hydrogen) atoms. The Morgan fingerprint density at radius 1 is 1.29 bits per heavy atom. The third kappa shape index (κ3) is 6.31. The van der Waals surface area contributed by atoms with Crippen LogP contribution >= 0.6 is 11.3 Å². The number of thiazole rings is 1. The van der Waals surface area contributed by atoms with Gasteiger partial charge in [0.15, 0.2) is 5.13 Å². The second-order valence-corrected chi connectivity index (χ2v) is 7.42. The second-order valence-electron chi connectivity index (χ2n) is 6.22. The molecule has 0 aliphatic rings. The first-order chi connectivity index (χ1) is 13.4. The van der Waals surface area contributed by atoms with E-state index in [1.807, 2.05) is 20.8 Å². The Kier molecular flexibility index (Phi) is 8.41. The van der Waals surface area contributed by atoms with E-state index in [0.717, 1.165) is 10.6 Å². The fourth-order valence-electron chi connectivity index (χ4n) is 2.55. The maximum absolute atomic E-state index is 13.0. The summed E-state index contributed by atoms with van der Waals surface area (Å²) in [6.45, 7) is 7.28. The first kappa shape index (κ1) is 21.8. The third-order valence-corrected chi connectivity index (χ3v) is 5.12. The van der Waals surface area contributed by atoms with Crippen molar-refractivity contribution in [3.05, 3.63) is 40.4 Å². The zero-order chi connectivity index (χ0) is 20.5. The van der Waals surface area contributed by atoms with Crippen LogP contribution in [0, 0.1) is 13.8 Å². The minimum absolute atomic E-state index is 0.0557. The molecule has 0 saturated heterocycles. The zero-order valence-electron chi connectivity index (χ0n) is 16.8. The smallest absolute Gasteiger partial charge is 0.254 e. The molecule has 1 aromatic carbocycles. The minimum atomic E-state index is -0.276. The van der Waals surface area contributed by atoms with Gasteiger partial charge in [0.05, 0.1) is 12.8 Å². The number of anilines is 1. The summed E-state index contributed by atoms with van der Waals surface area (Å²) < 4.78 is 10.6. The number of hydrogen-bond donors (Lipinski definition) is 1. The molecule has 1 N–H and O–H groups in total. The highest BCUT2D eigenvalue weighted by molar-refractivity contribution is 7.15. The number of aryl methyl sites for hydroxylation is 2. The van der Waals surface area contributed by atoms with Crippen LogP contribution in [-0.2, 0) is 9.53 Å². The van der Waals surface area contributed by atoms with Crippen LogP contribution in [0.2, 0.25) is 0 Å². The molecule has 2 aromatic rings. The van der Waals surface area contributed by atoms with Crippen molar-refractivity contribution in [1.29, 1.82) is 0 Å². The highest BCUT2D eigenvalue weighted by atomic mass is 32.1. The summed E-state index contributed by atoms with van der Waals surface area (Å²) in [6, 6.07) is 6.91. The van der Waals surface area contributed by atoms with Crippen molar-refractivity contribution >= 4 is 28.3 Å². The summed E-state index contributed by atoms with van der Waals surface area (Å²) in [6.07, 6.45) is 0.645. The molecular formula is C20H27N3O4S. The van der Waals surface area contributed by atoms with Crippen LogP contribution < -0.4 is 10.1 Å². The maximum atomic E-state index is 13.0. The maximum Gasteiger partial charge on any atom is 0.254 e. The molecule has 0 saturated carbocycles. The number of hydrogen-bond acceptors (Lipinski definition) is 6. The number of aromatic nitrogens is 1. The Bertz CT molecular complexity index is 787. The number of carbonyl (C=O) groups is 2. The van der Waals surface area contributed by atoms with E-state index in [9.17, 15) is 9.59 Å². The van der Waals surface area contributed by atoms with Gasteiger partial charge in [0.1, 0.15) is 12.3 Å². The van der Waals surface area contributed by atoms with Crippen molar-refractivity contribution in [3.8, 4) is 5.75 Å². The van der Waals surface area contributed by atoms with E-state index in [2.05, 4.69) is 10.3 Å². The average Bonchev–Trinajstić information content (AvgIpc) is 3.00. The van der Waals surface area contributed by atoms with Gasteiger partial charge in [-0.1, -0.05) is 6.07 Å². The second kappa shape index (κ2) is 10.8. The highest BCUT2D eigenvalue weighted by Crippen LogP contribution is 2.21. The lowest BCUT2D eigenvalue weighted by atomic mass is 10.2. The van der Waals surface area contributed by atoms with Crippen LogP contribution in [0.5, 0.6) is 5.75 Å². The Balaban J connectivity index is 2.08. The minimum Gasteiger partial charge on any atom is -0.497 e. The number of methoxy groups -OCH3 is 1. The fraction of sp³-hybridized carbons (Fsp3) is 0.450. The molecule has 1 aromatic heterocycles. The van der Waals surface area contributed by atoms with Crippen molar-refractivity contribution in [3.63, 3.8) is 0 Å². The lowest BCUT2D eigenvalue weighted by Gasteiger charge is -2.22. The lowest BCUT2D eigenvalue weighted by Crippen LogP contribution is -2.39. The molecule has 2 rings (SSSR count). The van der Waals surface area contributed by atoms with E-state index in [-0.39, 0.29) is 18.4 Å². The van der Waals surface area contributed by atoms with E-state index in [4.69, 9.17) is 9.47 Å². The van der Waals surface area contributed by atoms with Gasteiger partial charge in [0.2, 0.25) is 5.91 Å². The molecule has 7 nitrogen and oxygen atoms in total. The zero-order valence-corrected chi connectivity index (χ0v) is 17.6. The largest absolute Gasteiger partial charge is 0.497 e. The number of nitrogens with zero attached hydrogens (tertiary/aromatic N) is 2. The molecule has 0 radical (unpaired) electrons. The van der Waals surface area contributed by atoms with Gasteiger partial charge in [-0.05, 0) is 45.4 Å². The normalized spacial score (nSPS) is 10.6. The molecular weight excluding hydrogens is 378 g/mol. The van der Waals surface area contributed by atoms with Gasteiger partial charge in [-0.3, -0.25) is 9.59 Å². The molecule has 0 aliphatic carbocycles. The Hall–Kier alpha value is -2.45. The summed E-state index contributed by atoms with van der Waals surface area (Å²) >= 11 is 1.42. The number of amides is 2. The van der Waals surface area contributed by atoms with Crippen LogP contribution in [0.25, 0.3) is 0 Å². The van der Waals surface area contributed by atoms with Crippen LogP contribution in [-0.4, -0.2) is 55.1 Å². The lowest BCUT2D eigenvalue weighted by molar-refractivity contribution is -0.116. The molecule has 8 heteroatoms. The van der Waals surface area contributed by atoms with Gasteiger partial charge in [-0.15, -0.1) is 11.3 Å². The molecule has 152 valence electrons. The predicted molar refractivity (Wildman–Crippen MR) is 110 cm³/mol. The number of rotatable bonds is 10. The monoisotopic (exact) mass is 405 g/mol. The average molecular weight is 406 g/mol. The number of carbonyl (C=O) groups excluding carboxylic acids is 2. The summed E-state index contributed by atoms with van der Waals surface area (Å²) in [5.74, 6) is 0.0942. The highest BCUT2D eigenvalue weighted by Gasteiger charge is 2.20. The number of benzene rings is 1. The van der Waals surface area contributed by atoms with Crippen molar-refractivity contribution in [2.24, 2.45) is 0 Å². The SMILES string of the molecule is CCOCCCN(CC(=O)Nc1nc(C)c(C)s1)C(=O)c1cccc(OC)c1. The third-order valence-electron chi connectivity index (χ3n) is 4.13. The van der Waals surface area contributed by atoms with Crippen LogP contribution in [0.3, 0.4) is 0 Å². The van der Waals surface area contributed by atoms with Gasteiger partial charge < -0.3 is 19.7 Å². The van der Waals surface area contributed by atoms with Gasteiger partial charge >= 0.3 is 0 Å². The summed E-state index contributed by atoms with van der Waals surface area (Å²) in [4.78, 5) is 32.3. The van der Waals surface area contributed by atoms with Crippen molar-refractivity contribution in [2.45, 2.75) is 27.2 Å². The predicted octanol–water partition coefficient (Wildman–Crippen LogP) is 3.28. The first-order valence-corrected chi connectivity index (χ1v) is 10.0. The first-order valence-electron chi connectivity index (χ1n) is 9.19. The van der Waals surface area contributed by atoms with Gasteiger partial charge in [0, 0.05) is 30.2 Å². The van der Waals surface area contributed by atoms with Crippen molar-refractivity contribution in [1.82, 2.24) is 9.88 Å². The van der Waals surface area contributed by atoms with Crippen LogP contribution in [0.15, 0.2) is 24.3 Å². The molecule has 0 spiro atoms. The Morgan fingerprint density at radius 2 is 2.07 bits per heavy atom. The van der Waals surface area contributed by atoms with Gasteiger partial charge in [-0.25, -0.2) is 4.98 Å². The molecule has 0 aliphatic heterocycles.